The Bertz CT molecular complexity index is 384. The average molecular weight is 175 g/mol. The van der Waals surface area contributed by atoms with Crippen LogP contribution in [0.5, 0.6) is 5.75 Å². The molecule has 2 rings (SSSR count). The quantitative estimate of drug-likeness (QED) is 0.690. The van der Waals surface area contributed by atoms with Crippen LogP contribution in [0.15, 0.2) is 36.9 Å². The maximum atomic E-state index is 5.19. The number of rotatable bonds is 2. The van der Waals surface area contributed by atoms with Crippen LogP contribution in [0.1, 0.15) is 0 Å². The van der Waals surface area contributed by atoms with Crippen molar-refractivity contribution in [3.05, 3.63) is 36.9 Å². The second kappa shape index (κ2) is 3.26. The Morgan fingerprint density at radius 2 is 1.85 bits per heavy atom. The van der Waals surface area contributed by atoms with Gasteiger partial charge in [-0.15, -0.1) is 10.2 Å². The van der Waals surface area contributed by atoms with E-state index in [0.29, 0.717) is 0 Å². The van der Waals surface area contributed by atoms with Crippen LogP contribution in [0, 0.1) is 0 Å². The van der Waals surface area contributed by atoms with Crippen LogP contribution in [0.25, 0.3) is 5.69 Å². The van der Waals surface area contributed by atoms with Crippen molar-refractivity contribution in [2.75, 3.05) is 7.11 Å². The highest BCUT2D eigenvalue weighted by Crippen LogP contribution is 2.20. The molecular formula is C9H9N3O. The molecule has 13 heavy (non-hydrogen) atoms. The number of methoxy groups -OCH3 is 1. The van der Waals surface area contributed by atoms with Gasteiger partial charge in [-0.3, -0.25) is 4.57 Å². The Hall–Kier alpha value is -1.84. The zero-order valence-electron chi connectivity index (χ0n) is 7.21. The predicted molar refractivity (Wildman–Crippen MR) is 47.9 cm³/mol. The molecule has 0 bridgehead atoms. The summed E-state index contributed by atoms with van der Waals surface area (Å²) in [6.45, 7) is 0. The maximum Gasteiger partial charge on any atom is 0.142 e. The second-order valence-corrected chi connectivity index (χ2v) is 2.54. The summed E-state index contributed by atoms with van der Waals surface area (Å²) in [5, 5.41) is 7.46. The first kappa shape index (κ1) is 7.79. The summed E-state index contributed by atoms with van der Waals surface area (Å²) in [4.78, 5) is 0. The normalized spacial score (nSPS) is 9.92. The lowest BCUT2D eigenvalue weighted by molar-refractivity contribution is 0.413. The lowest BCUT2D eigenvalue weighted by Crippen LogP contribution is -1.94. The van der Waals surface area contributed by atoms with Crippen molar-refractivity contribution < 1.29 is 4.74 Å². The molecule has 0 fully saturated rings. The van der Waals surface area contributed by atoms with E-state index in [-0.39, 0.29) is 0 Å². The van der Waals surface area contributed by atoms with Crippen molar-refractivity contribution in [2.45, 2.75) is 0 Å². The molecule has 66 valence electrons. The Labute approximate surface area is 75.8 Å². The number of nitrogens with zero attached hydrogens (tertiary/aromatic N) is 3. The molecule has 0 unspecified atom stereocenters. The van der Waals surface area contributed by atoms with Crippen LogP contribution < -0.4 is 4.74 Å². The molecule has 0 aliphatic rings. The van der Waals surface area contributed by atoms with E-state index in [4.69, 9.17) is 4.74 Å². The topological polar surface area (TPSA) is 39.9 Å². The van der Waals surface area contributed by atoms with Crippen LogP contribution in [-0.4, -0.2) is 21.9 Å². The van der Waals surface area contributed by atoms with Crippen molar-refractivity contribution in [1.82, 2.24) is 14.8 Å². The molecule has 4 nitrogen and oxygen atoms in total. The Kier molecular flexibility index (Phi) is 1.96. The zero-order valence-corrected chi connectivity index (χ0v) is 7.21. The Morgan fingerprint density at radius 3 is 2.54 bits per heavy atom. The van der Waals surface area contributed by atoms with Crippen molar-refractivity contribution >= 4 is 0 Å². The van der Waals surface area contributed by atoms with Crippen molar-refractivity contribution in [2.24, 2.45) is 0 Å². The van der Waals surface area contributed by atoms with E-state index in [1.807, 2.05) is 24.3 Å². The van der Waals surface area contributed by atoms with E-state index >= 15 is 0 Å². The highest BCUT2D eigenvalue weighted by molar-refractivity contribution is 5.45. The molecule has 0 atom stereocenters. The highest BCUT2D eigenvalue weighted by atomic mass is 16.5. The van der Waals surface area contributed by atoms with E-state index < -0.39 is 0 Å². The summed E-state index contributed by atoms with van der Waals surface area (Å²) in [5.74, 6) is 0.808. The molecule has 1 aromatic carbocycles. The van der Waals surface area contributed by atoms with E-state index in [1.165, 1.54) is 0 Å². The minimum Gasteiger partial charge on any atom is -0.495 e. The summed E-state index contributed by atoms with van der Waals surface area (Å²) in [6, 6.07) is 7.71. The average Bonchev–Trinajstić information content (AvgIpc) is 2.70. The van der Waals surface area contributed by atoms with Gasteiger partial charge in [0.15, 0.2) is 0 Å². The van der Waals surface area contributed by atoms with Gasteiger partial charge in [-0.05, 0) is 12.1 Å². The molecule has 4 heteroatoms. The number of para-hydroxylation sites is 2. The second-order valence-electron chi connectivity index (χ2n) is 2.54. The maximum absolute atomic E-state index is 5.19. The van der Waals surface area contributed by atoms with Crippen LogP contribution in [-0.2, 0) is 0 Å². The highest BCUT2D eigenvalue weighted by Gasteiger charge is 2.02. The van der Waals surface area contributed by atoms with Crippen molar-refractivity contribution in [3.8, 4) is 11.4 Å². The molecule has 0 aliphatic carbocycles. The molecule has 1 aromatic heterocycles. The third kappa shape index (κ3) is 1.38. The SMILES string of the molecule is COc1ccccc1-n1cnnc1. The molecule has 0 radical (unpaired) electrons. The summed E-state index contributed by atoms with van der Waals surface area (Å²) in [6.07, 6.45) is 3.27. The van der Waals surface area contributed by atoms with Gasteiger partial charge in [0.05, 0.1) is 12.8 Å². The van der Waals surface area contributed by atoms with Gasteiger partial charge in [0, 0.05) is 0 Å². The molecule has 0 saturated heterocycles. The largest absolute Gasteiger partial charge is 0.495 e. The van der Waals surface area contributed by atoms with Crippen molar-refractivity contribution in [1.29, 1.82) is 0 Å². The minimum atomic E-state index is 0.808. The van der Waals surface area contributed by atoms with Crippen LogP contribution >= 0.6 is 0 Å². The Balaban J connectivity index is 2.51. The van der Waals surface area contributed by atoms with E-state index in [2.05, 4.69) is 10.2 Å². The third-order valence-electron chi connectivity index (χ3n) is 1.78. The van der Waals surface area contributed by atoms with Crippen LogP contribution in [0.2, 0.25) is 0 Å². The van der Waals surface area contributed by atoms with Crippen molar-refractivity contribution in [3.63, 3.8) is 0 Å². The lowest BCUT2D eigenvalue weighted by atomic mass is 10.3. The number of aromatic nitrogens is 3. The van der Waals surface area contributed by atoms with Gasteiger partial charge in [0.1, 0.15) is 18.4 Å². The first-order valence-corrected chi connectivity index (χ1v) is 3.90. The zero-order chi connectivity index (χ0) is 9.10. The third-order valence-corrected chi connectivity index (χ3v) is 1.78. The fourth-order valence-electron chi connectivity index (χ4n) is 1.17. The number of benzene rings is 1. The van der Waals surface area contributed by atoms with Gasteiger partial charge >= 0.3 is 0 Å². The van der Waals surface area contributed by atoms with Gasteiger partial charge in [0.2, 0.25) is 0 Å². The summed E-state index contributed by atoms with van der Waals surface area (Å²) in [7, 11) is 1.64. The lowest BCUT2D eigenvalue weighted by Gasteiger charge is -2.06. The molecule has 0 aliphatic heterocycles. The number of hydrogen-bond donors (Lipinski definition) is 0. The van der Waals surface area contributed by atoms with E-state index in [9.17, 15) is 0 Å². The first-order chi connectivity index (χ1) is 6.42. The molecule has 0 saturated carbocycles. The monoisotopic (exact) mass is 175 g/mol. The smallest absolute Gasteiger partial charge is 0.142 e. The van der Waals surface area contributed by atoms with Crippen LogP contribution in [0.4, 0.5) is 0 Å². The predicted octanol–water partition coefficient (Wildman–Crippen LogP) is 1.28. The number of ether oxygens (including phenoxy) is 1. The molecule has 1 heterocycles. The van der Waals surface area contributed by atoms with E-state index in [0.717, 1.165) is 11.4 Å². The van der Waals surface area contributed by atoms with E-state index in [1.54, 1.807) is 24.3 Å². The van der Waals surface area contributed by atoms with Gasteiger partial charge < -0.3 is 4.74 Å². The molecular weight excluding hydrogens is 166 g/mol. The first-order valence-electron chi connectivity index (χ1n) is 3.90. The van der Waals surface area contributed by atoms with Gasteiger partial charge in [-0.1, -0.05) is 12.1 Å². The summed E-state index contributed by atoms with van der Waals surface area (Å²) in [5.41, 5.74) is 0.940. The standard InChI is InChI=1S/C9H9N3O/c1-13-9-5-3-2-4-8(9)12-6-10-11-7-12/h2-7H,1H3. The number of hydrogen-bond acceptors (Lipinski definition) is 3. The fraction of sp³-hybridized carbons (Fsp3) is 0.111. The molecule has 2 aromatic rings. The van der Waals surface area contributed by atoms with Gasteiger partial charge in [-0.2, -0.15) is 0 Å². The fourth-order valence-corrected chi connectivity index (χ4v) is 1.17. The molecule has 0 spiro atoms. The summed E-state index contributed by atoms with van der Waals surface area (Å²) >= 11 is 0. The Morgan fingerprint density at radius 1 is 1.15 bits per heavy atom. The van der Waals surface area contributed by atoms with Crippen LogP contribution in [0.3, 0.4) is 0 Å². The molecule has 0 amide bonds. The van der Waals surface area contributed by atoms with Gasteiger partial charge in [-0.25, -0.2) is 0 Å². The van der Waals surface area contributed by atoms with Gasteiger partial charge in [0.25, 0.3) is 0 Å². The summed E-state index contributed by atoms with van der Waals surface area (Å²) < 4.78 is 7.00. The molecule has 0 N–H and O–H groups in total. The minimum absolute atomic E-state index is 0.808.